The predicted octanol–water partition coefficient (Wildman–Crippen LogP) is 3.64. The van der Waals surface area contributed by atoms with Gasteiger partial charge in [-0.25, -0.2) is 0 Å². The molecule has 0 bridgehead atoms. The van der Waals surface area contributed by atoms with Gasteiger partial charge in [-0.05, 0) is 45.3 Å². The van der Waals surface area contributed by atoms with Gasteiger partial charge in [0.05, 0.1) is 19.0 Å². The monoisotopic (exact) mass is 370 g/mol. The number of aliphatic imine (C=N–C) groups is 1. The standard InChI is InChI=1S/C19H29F3N4/c1-3-23-18(24-11-10-19(20,21)22)25-14-17(26-12-4-5-13-26)16-8-6-15(2)7-9-16/h6-9,17H,3-5,10-14H2,1-2H3,(H2,23,24,25). The SMILES string of the molecule is CCNC(=NCC(c1ccc(C)cc1)N1CCCC1)NCCC(F)(F)F. The van der Waals surface area contributed by atoms with Crippen molar-refractivity contribution in [1.29, 1.82) is 0 Å². The summed E-state index contributed by atoms with van der Waals surface area (Å²) in [5.41, 5.74) is 2.41. The van der Waals surface area contributed by atoms with E-state index in [4.69, 9.17) is 0 Å². The van der Waals surface area contributed by atoms with Crippen LogP contribution in [0.3, 0.4) is 0 Å². The van der Waals surface area contributed by atoms with Crippen LogP contribution in [0.2, 0.25) is 0 Å². The molecule has 0 aliphatic carbocycles. The summed E-state index contributed by atoms with van der Waals surface area (Å²) in [6.07, 6.45) is -2.68. The molecule has 2 N–H and O–H groups in total. The first-order chi connectivity index (χ1) is 12.4. The molecule has 1 fully saturated rings. The number of hydrogen-bond donors (Lipinski definition) is 2. The average molecular weight is 370 g/mol. The first-order valence-electron chi connectivity index (χ1n) is 9.28. The number of aryl methyl sites for hydroxylation is 1. The predicted molar refractivity (Wildman–Crippen MR) is 99.4 cm³/mol. The van der Waals surface area contributed by atoms with E-state index in [-0.39, 0.29) is 12.6 Å². The minimum Gasteiger partial charge on any atom is -0.357 e. The van der Waals surface area contributed by atoms with Gasteiger partial charge in [-0.2, -0.15) is 13.2 Å². The van der Waals surface area contributed by atoms with Crippen LogP contribution in [-0.4, -0.2) is 49.8 Å². The number of alkyl halides is 3. The fraction of sp³-hybridized carbons (Fsp3) is 0.632. The van der Waals surface area contributed by atoms with Gasteiger partial charge in [-0.1, -0.05) is 29.8 Å². The largest absolute Gasteiger partial charge is 0.390 e. The van der Waals surface area contributed by atoms with E-state index in [0.717, 1.165) is 13.1 Å². The van der Waals surface area contributed by atoms with Crippen molar-refractivity contribution in [2.75, 3.05) is 32.7 Å². The highest BCUT2D eigenvalue weighted by Gasteiger charge is 2.26. The minimum atomic E-state index is -4.16. The van der Waals surface area contributed by atoms with Crippen LogP contribution in [0.25, 0.3) is 0 Å². The Bertz CT molecular complexity index is 563. The number of nitrogens with one attached hydrogen (secondary N) is 2. The fourth-order valence-electron chi connectivity index (χ4n) is 3.12. The molecule has 1 saturated heterocycles. The van der Waals surface area contributed by atoms with Crippen LogP contribution in [0.5, 0.6) is 0 Å². The summed E-state index contributed by atoms with van der Waals surface area (Å²) in [5.74, 6) is 0.438. The number of guanidine groups is 1. The van der Waals surface area contributed by atoms with Gasteiger partial charge in [-0.3, -0.25) is 9.89 Å². The van der Waals surface area contributed by atoms with E-state index in [1.165, 1.54) is 24.0 Å². The summed E-state index contributed by atoms with van der Waals surface area (Å²) in [7, 11) is 0. The van der Waals surface area contributed by atoms with Crippen molar-refractivity contribution in [2.45, 2.75) is 45.3 Å². The summed E-state index contributed by atoms with van der Waals surface area (Å²) in [5, 5.41) is 5.81. The van der Waals surface area contributed by atoms with Crippen LogP contribution >= 0.6 is 0 Å². The second-order valence-electron chi connectivity index (χ2n) is 6.68. The van der Waals surface area contributed by atoms with Gasteiger partial charge in [0.15, 0.2) is 5.96 Å². The van der Waals surface area contributed by atoms with E-state index in [2.05, 4.69) is 51.7 Å². The number of hydrogen-bond acceptors (Lipinski definition) is 2. The Morgan fingerprint density at radius 3 is 2.38 bits per heavy atom. The van der Waals surface area contributed by atoms with Gasteiger partial charge in [0.25, 0.3) is 0 Å². The van der Waals surface area contributed by atoms with Gasteiger partial charge < -0.3 is 10.6 Å². The minimum absolute atomic E-state index is 0.149. The molecule has 1 aromatic carbocycles. The molecule has 7 heteroatoms. The lowest BCUT2D eigenvalue weighted by molar-refractivity contribution is -0.132. The maximum Gasteiger partial charge on any atom is 0.390 e. The van der Waals surface area contributed by atoms with Crippen molar-refractivity contribution >= 4 is 5.96 Å². The van der Waals surface area contributed by atoms with Crippen LogP contribution in [0.4, 0.5) is 13.2 Å². The van der Waals surface area contributed by atoms with Crippen molar-refractivity contribution in [2.24, 2.45) is 4.99 Å². The Morgan fingerprint density at radius 2 is 1.81 bits per heavy atom. The van der Waals surface area contributed by atoms with Gasteiger partial charge >= 0.3 is 6.18 Å². The Hall–Kier alpha value is -1.76. The number of halogens is 3. The van der Waals surface area contributed by atoms with Crippen molar-refractivity contribution in [3.05, 3.63) is 35.4 Å². The number of rotatable bonds is 7. The number of benzene rings is 1. The smallest absolute Gasteiger partial charge is 0.357 e. The molecule has 1 heterocycles. The summed E-state index contributed by atoms with van der Waals surface area (Å²) >= 11 is 0. The lowest BCUT2D eigenvalue weighted by Crippen LogP contribution is -2.39. The second kappa shape index (κ2) is 9.80. The maximum atomic E-state index is 12.4. The zero-order valence-corrected chi connectivity index (χ0v) is 15.6. The fourth-order valence-corrected chi connectivity index (χ4v) is 3.12. The molecule has 26 heavy (non-hydrogen) atoms. The first-order valence-corrected chi connectivity index (χ1v) is 9.28. The van der Waals surface area contributed by atoms with Crippen molar-refractivity contribution in [3.63, 3.8) is 0 Å². The zero-order chi connectivity index (χ0) is 19.0. The van der Waals surface area contributed by atoms with Crippen LogP contribution in [0.1, 0.15) is 43.4 Å². The summed E-state index contributed by atoms with van der Waals surface area (Å²) in [4.78, 5) is 6.97. The third-order valence-electron chi connectivity index (χ3n) is 4.51. The molecule has 0 aromatic heterocycles. The molecule has 1 aliphatic rings. The van der Waals surface area contributed by atoms with E-state index >= 15 is 0 Å². The summed E-state index contributed by atoms with van der Waals surface area (Å²) < 4.78 is 37.1. The molecule has 0 spiro atoms. The second-order valence-corrected chi connectivity index (χ2v) is 6.68. The molecule has 146 valence electrons. The first kappa shape index (κ1) is 20.6. The maximum absolute atomic E-state index is 12.4. The van der Waals surface area contributed by atoms with Crippen LogP contribution in [0, 0.1) is 6.92 Å². The molecule has 1 atom stereocenters. The number of nitrogens with zero attached hydrogens (tertiary/aromatic N) is 2. The molecule has 0 saturated carbocycles. The Labute approximate surface area is 153 Å². The van der Waals surface area contributed by atoms with Gasteiger partial charge in [0, 0.05) is 13.1 Å². The Balaban J connectivity index is 2.06. The van der Waals surface area contributed by atoms with Crippen molar-refractivity contribution in [3.8, 4) is 0 Å². The van der Waals surface area contributed by atoms with Gasteiger partial charge in [0.1, 0.15) is 0 Å². The lowest BCUT2D eigenvalue weighted by Gasteiger charge is -2.27. The molecule has 0 radical (unpaired) electrons. The highest BCUT2D eigenvalue weighted by atomic mass is 19.4. The highest BCUT2D eigenvalue weighted by molar-refractivity contribution is 5.79. The van der Waals surface area contributed by atoms with Crippen LogP contribution in [-0.2, 0) is 0 Å². The topological polar surface area (TPSA) is 39.7 Å². The number of likely N-dealkylation sites (tertiary alicyclic amines) is 1. The van der Waals surface area contributed by atoms with E-state index in [9.17, 15) is 13.2 Å². The lowest BCUT2D eigenvalue weighted by atomic mass is 10.0. The van der Waals surface area contributed by atoms with E-state index in [0.29, 0.717) is 19.0 Å². The van der Waals surface area contributed by atoms with Gasteiger partial charge in [0.2, 0.25) is 0 Å². The van der Waals surface area contributed by atoms with Crippen molar-refractivity contribution in [1.82, 2.24) is 15.5 Å². The third-order valence-corrected chi connectivity index (χ3v) is 4.51. The molecule has 1 aliphatic heterocycles. The van der Waals surface area contributed by atoms with E-state index < -0.39 is 12.6 Å². The Kier molecular flexibility index (Phi) is 7.75. The van der Waals surface area contributed by atoms with Crippen LogP contribution in [0.15, 0.2) is 29.3 Å². The summed E-state index contributed by atoms with van der Waals surface area (Å²) in [6, 6.07) is 8.58. The third kappa shape index (κ3) is 6.86. The summed E-state index contributed by atoms with van der Waals surface area (Å²) in [6.45, 7) is 6.98. The molecular formula is C19H29F3N4. The Morgan fingerprint density at radius 1 is 1.15 bits per heavy atom. The molecular weight excluding hydrogens is 341 g/mol. The highest BCUT2D eigenvalue weighted by Crippen LogP contribution is 2.25. The van der Waals surface area contributed by atoms with E-state index in [1.54, 1.807) is 0 Å². The van der Waals surface area contributed by atoms with Gasteiger partial charge in [-0.15, -0.1) is 0 Å². The van der Waals surface area contributed by atoms with Crippen LogP contribution < -0.4 is 10.6 Å². The molecule has 1 aromatic rings. The van der Waals surface area contributed by atoms with Crippen molar-refractivity contribution < 1.29 is 13.2 Å². The average Bonchev–Trinajstić information content (AvgIpc) is 3.09. The normalized spacial score (nSPS) is 17.3. The molecule has 0 amide bonds. The molecule has 4 nitrogen and oxygen atoms in total. The van der Waals surface area contributed by atoms with E-state index in [1.807, 2.05) is 6.92 Å². The molecule has 1 unspecified atom stereocenters. The zero-order valence-electron chi connectivity index (χ0n) is 15.6. The quantitative estimate of drug-likeness (QED) is 0.569. The molecule has 2 rings (SSSR count).